The van der Waals surface area contributed by atoms with Crippen LogP contribution in [0.4, 0.5) is 0 Å². The molecule has 82 valence electrons. The summed E-state index contributed by atoms with van der Waals surface area (Å²) in [5.41, 5.74) is 3.10. The van der Waals surface area contributed by atoms with Crippen LogP contribution in [0, 0.1) is 6.92 Å². The minimum absolute atomic E-state index is 0.323. The molecule has 1 aliphatic heterocycles. The molecule has 1 aromatic carbocycles. The van der Waals surface area contributed by atoms with Crippen LogP contribution in [-0.2, 0) is 10.2 Å². The van der Waals surface area contributed by atoms with Gasteiger partial charge in [0.25, 0.3) is 0 Å². The van der Waals surface area contributed by atoms with Crippen molar-refractivity contribution in [2.24, 2.45) is 0 Å². The van der Waals surface area contributed by atoms with Gasteiger partial charge in [0.05, 0.1) is 0 Å². The predicted octanol–water partition coefficient (Wildman–Crippen LogP) is 1.87. The zero-order valence-corrected chi connectivity index (χ0v) is 9.55. The van der Waals surface area contributed by atoms with E-state index in [9.17, 15) is 0 Å². The standard InChI is InChI=1S/C13H19NO/c1-11-3-5-12(6-4-11)13(7-8-15-2)9-14-10-13/h3-6,14H,7-10H2,1-2H3. The highest BCUT2D eigenvalue weighted by Gasteiger charge is 2.37. The fourth-order valence-corrected chi connectivity index (χ4v) is 2.16. The fourth-order valence-electron chi connectivity index (χ4n) is 2.16. The van der Waals surface area contributed by atoms with Crippen molar-refractivity contribution >= 4 is 0 Å². The Labute approximate surface area is 91.6 Å². The summed E-state index contributed by atoms with van der Waals surface area (Å²) in [6.45, 7) is 5.14. The highest BCUT2D eigenvalue weighted by atomic mass is 16.5. The minimum Gasteiger partial charge on any atom is -0.385 e. The normalized spacial score (nSPS) is 18.5. The Kier molecular flexibility index (Phi) is 3.08. The van der Waals surface area contributed by atoms with Crippen molar-refractivity contribution in [3.05, 3.63) is 35.4 Å². The van der Waals surface area contributed by atoms with E-state index in [0.29, 0.717) is 5.41 Å². The smallest absolute Gasteiger partial charge is 0.0471 e. The maximum Gasteiger partial charge on any atom is 0.0471 e. The molecule has 2 heteroatoms. The predicted molar refractivity (Wildman–Crippen MR) is 62.2 cm³/mol. The average Bonchev–Trinajstić information content (AvgIpc) is 2.19. The molecule has 0 radical (unpaired) electrons. The summed E-state index contributed by atoms with van der Waals surface area (Å²) in [6, 6.07) is 8.90. The minimum atomic E-state index is 0.323. The van der Waals surface area contributed by atoms with Crippen LogP contribution in [0.25, 0.3) is 0 Å². The van der Waals surface area contributed by atoms with Crippen LogP contribution in [0.1, 0.15) is 17.5 Å². The molecule has 0 atom stereocenters. The van der Waals surface area contributed by atoms with Crippen molar-refractivity contribution < 1.29 is 4.74 Å². The Bertz CT molecular complexity index is 314. The van der Waals surface area contributed by atoms with Gasteiger partial charge in [-0.2, -0.15) is 0 Å². The van der Waals surface area contributed by atoms with Crippen LogP contribution in [0.15, 0.2) is 24.3 Å². The molecule has 1 saturated heterocycles. The summed E-state index contributed by atoms with van der Waals surface area (Å²) in [7, 11) is 1.77. The lowest BCUT2D eigenvalue weighted by Crippen LogP contribution is -2.57. The maximum atomic E-state index is 5.19. The van der Waals surface area contributed by atoms with Gasteiger partial charge in [0.15, 0.2) is 0 Å². The summed E-state index contributed by atoms with van der Waals surface area (Å²) < 4.78 is 5.19. The monoisotopic (exact) mass is 205 g/mol. The van der Waals surface area contributed by atoms with Gasteiger partial charge in [0.1, 0.15) is 0 Å². The van der Waals surface area contributed by atoms with Gasteiger partial charge in [0.2, 0.25) is 0 Å². The number of rotatable bonds is 4. The van der Waals surface area contributed by atoms with E-state index >= 15 is 0 Å². The molecular weight excluding hydrogens is 186 g/mol. The quantitative estimate of drug-likeness (QED) is 0.810. The van der Waals surface area contributed by atoms with Gasteiger partial charge in [-0.25, -0.2) is 0 Å². The lowest BCUT2D eigenvalue weighted by Gasteiger charge is -2.43. The van der Waals surface area contributed by atoms with Crippen LogP contribution in [0.3, 0.4) is 0 Å². The van der Waals surface area contributed by atoms with Gasteiger partial charge in [-0.05, 0) is 18.9 Å². The van der Waals surface area contributed by atoms with Crippen LogP contribution in [0.2, 0.25) is 0 Å². The molecule has 0 bridgehead atoms. The van der Waals surface area contributed by atoms with Gasteiger partial charge < -0.3 is 10.1 Å². The Morgan fingerprint density at radius 2 is 1.93 bits per heavy atom. The van der Waals surface area contributed by atoms with Crippen LogP contribution >= 0.6 is 0 Å². The lowest BCUT2D eigenvalue weighted by atomic mass is 9.73. The molecule has 1 aliphatic rings. The summed E-state index contributed by atoms with van der Waals surface area (Å²) >= 11 is 0. The first kappa shape index (κ1) is 10.7. The molecule has 0 aromatic heterocycles. The Morgan fingerprint density at radius 3 is 2.40 bits per heavy atom. The van der Waals surface area contributed by atoms with Crippen molar-refractivity contribution in [1.82, 2.24) is 5.32 Å². The van der Waals surface area contributed by atoms with E-state index in [1.807, 2.05) is 0 Å². The van der Waals surface area contributed by atoms with Crippen LogP contribution in [-0.4, -0.2) is 26.8 Å². The summed E-state index contributed by atoms with van der Waals surface area (Å²) in [5.74, 6) is 0. The van der Waals surface area contributed by atoms with Gasteiger partial charge in [-0.1, -0.05) is 29.8 Å². The second-order valence-corrected chi connectivity index (χ2v) is 4.49. The first-order valence-corrected chi connectivity index (χ1v) is 5.54. The van der Waals surface area contributed by atoms with E-state index in [4.69, 9.17) is 4.74 Å². The molecule has 0 saturated carbocycles. The average molecular weight is 205 g/mol. The first-order valence-electron chi connectivity index (χ1n) is 5.54. The zero-order chi connectivity index (χ0) is 10.7. The molecule has 0 aliphatic carbocycles. The van der Waals surface area contributed by atoms with E-state index in [1.54, 1.807) is 7.11 Å². The highest BCUT2D eigenvalue weighted by molar-refractivity contribution is 5.32. The molecule has 15 heavy (non-hydrogen) atoms. The SMILES string of the molecule is COCCC1(c2ccc(C)cc2)CNC1. The number of ether oxygens (including phenoxy) is 1. The van der Waals surface area contributed by atoms with Crippen molar-refractivity contribution in [1.29, 1.82) is 0 Å². The molecule has 1 heterocycles. The van der Waals surface area contributed by atoms with E-state index in [2.05, 4.69) is 36.5 Å². The second-order valence-electron chi connectivity index (χ2n) is 4.49. The molecule has 1 N–H and O–H groups in total. The zero-order valence-electron chi connectivity index (χ0n) is 9.55. The Morgan fingerprint density at radius 1 is 1.27 bits per heavy atom. The van der Waals surface area contributed by atoms with Crippen molar-refractivity contribution in [2.45, 2.75) is 18.8 Å². The molecule has 2 nitrogen and oxygen atoms in total. The molecule has 0 amide bonds. The number of nitrogens with one attached hydrogen (secondary N) is 1. The van der Waals surface area contributed by atoms with Gasteiger partial charge in [-0.3, -0.25) is 0 Å². The third-order valence-corrected chi connectivity index (χ3v) is 3.38. The van der Waals surface area contributed by atoms with Crippen LogP contribution < -0.4 is 5.32 Å². The number of hydrogen-bond acceptors (Lipinski definition) is 2. The third-order valence-electron chi connectivity index (χ3n) is 3.38. The number of hydrogen-bond donors (Lipinski definition) is 1. The second kappa shape index (κ2) is 4.33. The number of aryl methyl sites for hydroxylation is 1. The van der Waals surface area contributed by atoms with E-state index in [1.165, 1.54) is 11.1 Å². The van der Waals surface area contributed by atoms with E-state index in [0.717, 1.165) is 26.1 Å². The molecule has 1 fully saturated rings. The maximum absolute atomic E-state index is 5.19. The molecular formula is C13H19NO. The van der Waals surface area contributed by atoms with Gasteiger partial charge in [-0.15, -0.1) is 0 Å². The fraction of sp³-hybridized carbons (Fsp3) is 0.538. The Balaban J connectivity index is 2.14. The molecule has 2 rings (SSSR count). The van der Waals surface area contributed by atoms with Crippen LogP contribution in [0.5, 0.6) is 0 Å². The summed E-state index contributed by atoms with van der Waals surface area (Å²) in [6.07, 6.45) is 1.11. The van der Waals surface area contributed by atoms with Gasteiger partial charge in [0, 0.05) is 32.2 Å². The Hall–Kier alpha value is -0.860. The first-order chi connectivity index (χ1) is 7.27. The lowest BCUT2D eigenvalue weighted by molar-refractivity contribution is 0.142. The van der Waals surface area contributed by atoms with Crippen molar-refractivity contribution in [3.8, 4) is 0 Å². The molecule has 0 spiro atoms. The largest absolute Gasteiger partial charge is 0.385 e. The van der Waals surface area contributed by atoms with Crippen molar-refractivity contribution in [3.63, 3.8) is 0 Å². The highest BCUT2D eigenvalue weighted by Crippen LogP contribution is 2.32. The summed E-state index contributed by atoms with van der Waals surface area (Å²) in [4.78, 5) is 0. The molecule has 1 aromatic rings. The topological polar surface area (TPSA) is 21.3 Å². The van der Waals surface area contributed by atoms with E-state index in [-0.39, 0.29) is 0 Å². The number of benzene rings is 1. The van der Waals surface area contributed by atoms with Gasteiger partial charge >= 0.3 is 0 Å². The number of methoxy groups -OCH3 is 1. The third kappa shape index (κ3) is 2.06. The van der Waals surface area contributed by atoms with E-state index < -0.39 is 0 Å². The van der Waals surface area contributed by atoms with Crippen molar-refractivity contribution in [2.75, 3.05) is 26.8 Å². The molecule has 0 unspecified atom stereocenters. The summed E-state index contributed by atoms with van der Waals surface area (Å²) in [5, 5.41) is 3.37.